The Balaban J connectivity index is 1.62. The highest BCUT2D eigenvalue weighted by molar-refractivity contribution is 7.79. The zero-order chi connectivity index (χ0) is 27.1. The van der Waals surface area contributed by atoms with Crippen molar-refractivity contribution in [1.29, 1.82) is 0 Å². The van der Waals surface area contributed by atoms with Gasteiger partial charge in [-0.05, 0) is 75.4 Å². The number of carbonyl (C=O) groups is 1. The van der Waals surface area contributed by atoms with E-state index in [4.69, 9.17) is 0 Å². The standard InChI is InChI=1S/C32H27FN2O3S/c1-19-3-4-21(13-16-39(37)38)23-10-12-26-31-24(20-5-7-22(33)8-6-20)9-11-25(28-18-34-14-2-15-35-28)27(31)17-29(36)32(26)30(19)23/h2-8,10-12,14-15,17-19,24,35H,9,13,16H2,1H3,(H,37,38)/p-1. The summed E-state index contributed by atoms with van der Waals surface area (Å²) in [6, 6.07) is 10.6. The molecular formula is C32H26FN2O3S-. The average molecular weight is 538 g/mol. The number of rotatable bonds is 5. The molecule has 0 fully saturated rings. The van der Waals surface area contributed by atoms with Crippen LogP contribution in [0, 0.1) is 5.82 Å². The molecule has 0 aromatic heterocycles. The van der Waals surface area contributed by atoms with E-state index < -0.39 is 11.1 Å². The van der Waals surface area contributed by atoms with Crippen LogP contribution in [-0.4, -0.2) is 26.5 Å². The topological polar surface area (TPSA) is 81.6 Å². The number of hydrogen-bond acceptors (Lipinski definition) is 5. The van der Waals surface area contributed by atoms with Crippen molar-refractivity contribution in [3.63, 3.8) is 0 Å². The smallest absolute Gasteiger partial charge is 0.187 e. The molecular weight excluding hydrogens is 511 g/mol. The van der Waals surface area contributed by atoms with Gasteiger partial charge in [-0.1, -0.05) is 60.5 Å². The molecule has 0 amide bonds. The highest BCUT2D eigenvalue weighted by atomic mass is 32.2. The molecule has 7 heteroatoms. The van der Waals surface area contributed by atoms with Crippen LogP contribution in [0.25, 0.3) is 11.1 Å². The molecule has 0 bridgehead atoms. The molecule has 1 aliphatic heterocycles. The second kappa shape index (κ2) is 10.3. The molecule has 196 valence electrons. The molecule has 3 aliphatic carbocycles. The van der Waals surface area contributed by atoms with Gasteiger partial charge in [0.05, 0.1) is 11.9 Å². The predicted molar refractivity (Wildman–Crippen MR) is 152 cm³/mol. The molecule has 1 heterocycles. The first kappa shape index (κ1) is 25.3. The molecule has 0 spiro atoms. The predicted octanol–water partition coefficient (Wildman–Crippen LogP) is 4.34. The van der Waals surface area contributed by atoms with E-state index in [9.17, 15) is 17.9 Å². The number of ketones is 1. The van der Waals surface area contributed by atoms with Crippen LogP contribution in [0.5, 0.6) is 0 Å². The second-order valence-corrected chi connectivity index (χ2v) is 11.0. The lowest BCUT2D eigenvalue weighted by molar-refractivity contribution is 0.104. The van der Waals surface area contributed by atoms with Crippen LogP contribution in [0.1, 0.15) is 53.1 Å². The third-order valence-corrected chi connectivity index (χ3v) is 8.28. The van der Waals surface area contributed by atoms with E-state index in [-0.39, 0.29) is 29.2 Å². The average Bonchev–Trinajstić information content (AvgIpc) is 3.22. The van der Waals surface area contributed by atoms with Crippen LogP contribution >= 0.6 is 0 Å². The van der Waals surface area contributed by atoms with Gasteiger partial charge in [-0.2, -0.15) is 0 Å². The molecule has 2 aromatic rings. The fourth-order valence-corrected chi connectivity index (χ4v) is 6.38. The van der Waals surface area contributed by atoms with Gasteiger partial charge >= 0.3 is 0 Å². The zero-order valence-corrected chi connectivity index (χ0v) is 22.1. The highest BCUT2D eigenvalue weighted by Gasteiger charge is 2.34. The Hall–Kier alpha value is -3.94. The molecule has 0 saturated heterocycles. The molecule has 3 unspecified atom stereocenters. The van der Waals surface area contributed by atoms with E-state index in [2.05, 4.69) is 23.3 Å². The summed E-state index contributed by atoms with van der Waals surface area (Å²) in [7, 11) is 0. The molecule has 1 N–H and O–H groups in total. The number of nitrogens with zero attached hydrogens (tertiary/aromatic N) is 1. The SMILES string of the molecule is CC1C=CC(CCS(=O)[O-])=c2ccc3c(c21)C(=O)C=C1C(C2=CN=CC=CN2)=CCC(c2ccc(F)cc2)C=31. The van der Waals surface area contributed by atoms with Gasteiger partial charge in [0.15, 0.2) is 5.78 Å². The summed E-state index contributed by atoms with van der Waals surface area (Å²) in [5.74, 6) is -0.422. The molecule has 6 rings (SSSR count). The third kappa shape index (κ3) is 4.62. The van der Waals surface area contributed by atoms with Crippen molar-refractivity contribution in [2.45, 2.75) is 31.6 Å². The van der Waals surface area contributed by atoms with Crippen LogP contribution in [0.4, 0.5) is 4.39 Å². The fraction of sp³-hybridized carbons (Fsp3) is 0.188. The quantitative estimate of drug-likeness (QED) is 0.576. The first-order chi connectivity index (χ1) is 18.9. The summed E-state index contributed by atoms with van der Waals surface area (Å²) in [4.78, 5) is 18.3. The first-order valence-corrected chi connectivity index (χ1v) is 14.2. The van der Waals surface area contributed by atoms with Crippen molar-refractivity contribution in [3.8, 4) is 0 Å². The number of carbonyl (C=O) groups excluding carboxylic acids is 1. The molecule has 3 atom stereocenters. The maximum absolute atomic E-state index is 13.9. The van der Waals surface area contributed by atoms with Crippen LogP contribution in [0.3, 0.4) is 0 Å². The monoisotopic (exact) mass is 537 g/mol. The van der Waals surface area contributed by atoms with Crippen LogP contribution < -0.4 is 15.8 Å². The maximum atomic E-state index is 13.9. The summed E-state index contributed by atoms with van der Waals surface area (Å²) in [5, 5.41) is 5.08. The number of allylic oxidation sites excluding steroid dienone is 6. The van der Waals surface area contributed by atoms with Gasteiger partial charge in [-0.15, -0.1) is 0 Å². The van der Waals surface area contributed by atoms with Crippen molar-refractivity contribution >= 4 is 34.2 Å². The molecule has 0 radical (unpaired) electrons. The normalized spacial score (nSPS) is 22.1. The van der Waals surface area contributed by atoms with Crippen molar-refractivity contribution in [1.82, 2.24) is 5.32 Å². The van der Waals surface area contributed by atoms with E-state index in [0.29, 0.717) is 18.4 Å². The van der Waals surface area contributed by atoms with Gasteiger partial charge in [0.25, 0.3) is 0 Å². The Labute approximate surface area is 228 Å². The lowest BCUT2D eigenvalue weighted by Crippen LogP contribution is -2.34. The minimum atomic E-state index is -2.15. The number of hydrogen-bond donors (Lipinski definition) is 1. The molecule has 0 saturated carbocycles. The number of nitrogens with one attached hydrogen (secondary N) is 1. The number of aliphatic imine (C=N–C) groups is 1. The summed E-state index contributed by atoms with van der Waals surface area (Å²) in [6.07, 6.45) is 16.0. The van der Waals surface area contributed by atoms with Gasteiger partial charge in [-0.3, -0.25) is 14.0 Å². The van der Waals surface area contributed by atoms with E-state index in [1.807, 2.05) is 48.7 Å². The lowest BCUT2D eigenvalue weighted by Gasteiger charge is -2.33. The number of halogens is 1. The highest BCUT2D eigenvalue weighted by Crippen LogP contribution is 2.44. The minimum Gasteiger partial charge on any atom is -0.772 e. The number of benzene rings is 2. The summed E-state index contributed by atoms with van der Waals surface area (Å²) in [6.45, 7) is 2.06. The van der Waals surface area contributed by atoms with Gasteiger partial charge in [0, 0.05) is 41.1 Å². The minimum absolute atomic E-state index is 0.00969. The second-order valence-electron chi connectivity index (χ2n) is 10.0. The Morgan fingerprint density at radius 2 is 1.92 bits per heavy atom. The van der Waals surface area contributed by atoms with Gasteiger partial charge in [0.2, 0.25) is 0 Å². The Bertz CT molecular complexity index is 1730. The van der Waals surface area contributed by atoms with Crippen LogP contribution in [0.15, 0.2) is 101 Å². The first-order valence-electron chi connectivity index (χ1n) is 12.9. The van der Waals surface area contributed by atoms with Crippen molar-refractivity contribution in [3.05, 3.63) is 129 Å². The zero-order valence-electron chi connectivity index (χ0n) is 21.3. The largest absolute Gasteiger partial charge is 0.772 e. The van der Waals surface area contributed by atoms with Crippen LogP contribution in [-0.2, 0) is 11.1 Å². The lowest BCUT2D eigenvalue weighted by atomic mass is 9.71. The fourth-order valence-electron chi connectivity index (χ4n) is 5.99. The summed E-state index contributed by atoms with van der Waals surface area (Å²) in [5.41, 5.74) is 7.06. The summed E-state index contributed by atoms with van der Waals surface area (Å²) >= 11 is -2.15. The Kier molecular flexibility index (Phi) is 6.71. The Morgan fingerprint density at radius 3 is 2.72 bits per heavy atom. The van der Waals surface area contributed by atoms with Gasteiger partial charge in [0.1, 0.15) is 5.82 Å². The molecule has 4 aliphatic rings. The van der Waals surface area contributed by atoms with Crippen molar-refractivity contribution in [2.24, 2.45) is 4.99 Å². The van der Waals surface area contributed by atoms with E-state index >= 15 is 0 Å². The van der Waals surface area contributed by atoms with Gasteiger partial charge in [-0.25, -0.2) is 4.39 Å². The summed E-state index contributed by atoms with van der Waals surface area (Å²) < 4.78 is 36.4. The van der Waals surface area contributed by atoms with E-state index in [0.717, 1.165) is 49.6 Å². The molecule has 39 heavy (non-hydrogen) atoms. The third-order valence-electron chi connectivity index (χ3n) is 7.74. The Morgan fingerprint density at radius 1 is 1.13 bits per heavy atom. The van der Waals surface area contributed by atoms with E-state index in [1.165, 1.54) is 12.1 Å². The number of fused-ring (bicyclic) bond motifs is 4. The maximum Gasteiger partial charge on any atom is 0.187 e. The van der Waals surface area contributed by atoms with Gasteiger partial charge < -0.3 is 9.87 Å². The van der Waals surface area contributed by atoms with Crippen LogP contribution in [0.2, 0.25) is 0 Å². The molecule has 5 nitrogen and oxygen atoms in total. The molecule has 2 aromatic carbocycles. The van der Waals surface area contributed by atoms with Crippen molar-refractivity contribution in [2.75, 3.05) is 5.75 Å². The van der Waals surface area contributed by atoms with Crippen molar-refractivity contribution < 1.29 is 17.9 Å². The van der Waals surface area contributed by atoms with E-state index in [1.54, 1.807) is 18.5 Å².